The van der Waals surface area contributed by atoms with Crippen molar-refractivity contribution in [1.29, 1.82) is 0 Å². The van der Waals surface area contributed by atoms with Crippen LogP contribution in [0.2, 0.25) is 20.4 Å². The number of nitrogens with two attached hydrogens (primary N) is 1. The maximum absolute atomic E-state index is 13.0. The van der Waals surface area contributed by atoms with Crippen LogP contribution in [0.15, 0.2) is 75.1 Å². The zero-order chi connectivity index (χ0) is 42.8. The first-order valence-electron chi connectivity index (χ1n) is 17.0. The second kappa shape index (κ2) is 20.1. The molecule has 0 spiro atoms. The number of anilines is 3. The SMILES string of the molecule is C.C.CCS(=O)(=O)c1nc2ncn(-c3c(C)cccc3Cl)c(=O)c2s1.Cc1nc(Cl)cc(Nc2nc3ncn(-c4c(C)cccc4Cl)c(=O)c3s2)n1.Cc1nc(N)cc(Cl)n1. The Labute approximate surface area is 378 Å². The molecule has 320 valence electrons. The molecule has 61 heavy (non-hydrogen) atoms. The van der Waals surface area contributed by atoms with Gasteiger partial charge in [0.25, 0.3) is 11.1 Å². The van der Waals surface area contributed by atoms with Crippen LogP contribution in [0.5, 0.6) is 0 Å². The highest BCUT2D eigenvalue weighted by Gasteiger charge is 2.21. The Balaban J connectivity index is 0.000000219. The molecule has 3 N–H and O–H groups in total. The number of nitrogens with zero attached hydrogens (tertiary/aromatic N) is 10. The third-order valence-electron chi connectivity index (χ3n) is 7.99. The molecule has 0 aliphatic carbocycles. The number of thiazole rings is 2. The number of fused-ring (bicyclic) bond motifs is 2. The van der Waals surface area contributed by atoms with E-state index in [0.29, 0.717) is 70.5 Å². The molecule has 0 aliphatic heterocycles. The van der Waals surface area contributed by atoms with Gasteiger partial charge in [-0.3, -0.25) is 18.7 Å². The van der Waals surface area contributed by atoms with Crippen LogP contribution in [0.1, 0.15) is 44.6 Å². The Kier molecular flexibility index (Phi) is 16.0. The zero-order valence-corrected chi connectivity index (χ0v) is 36.9. The molecule has 16 nitrogen and oxygen atoms in total. The summed E-state index contributed by atoms with van der Waals surface area (Å²) in [6, 6.07) is 13.9. The molecule has 0 atom stereocenters. The number of aryl methyl sites for hydroxylation is 4. The first-order valence-corrected chi connectivity index (χ1v) is 21.8. The monoisotopic (exact) mass is 962 g/mol. The molecule has 0 unspecified atom stereocenters. The topological polar surface area (TPSA) is 219 Å². The number of benzene rings is 2. The molecule has 2 aromatic carbocycles. The van der Waals surface area contributed by atoms with Crippen molar-refractivity contribution in [2.24, 2.45) is 0 Å². The molecular formula is C38H38Cl4N12O4S3. The lowest BCUT2D eigenvalue weighted by Gasteiger charge is -2.10. The highest BCUT2D eigenvalue weighted by molar-refractivity contribution is 7.93. The van der Waals surface area contributed by atoms with Gasteiger partial charge in [-0.25, -0.2) is 43.3 Å². The van der Waals surface area contributed by atoms with Gasteiger partial charge < -0.3 is 11.1 Å². The Morgan fingerprint density at radius 2 is 1.18 bits per heavy atom. The van der Waals surface area contributed by atoms with E-state index >= 15 is 0 Å². The number of para-hydroxylation sites is 2. The van der Waals surface area contributed by atoms with E-state index in [1.807, 2.05) is 32.0 Å². The summed E-state index contributed by atoms with van der Waals surface area (Å²) in [7, 11) is -3.48. The van der Waals surface area contributed by atoms with Crippen LogP contribution in [-0.2, 0) is 9.84 Å². The minimum atomic E-state index is -3.48. The summed E-state index contributed by atoms with van der Waals surface area (Å²) in [6.45, 7) is 8.72. The summed E-state index contributed by atoms with van der Waals surface area (Å²) in [5.74, 6) is 1.95. The third-order valence-corrected chi connectivity index (χ3v) is 13.2. The molecule has 8 rings (SSSR count). The van der Waals surface area contributed by atoms with Crippen molar-refractivity contribution in [3.05, 3.63) is 125 Å². The van der Waals surface area contributed by atoms with Gasteiger partial charge in [0.15, 0.2) is 16.4 Å². The minimum absolute atomic E-state index is 0. The smallest absolute Gasteiger partial charge is 0.277 e. The van der Waals surface area contributed by atoms with Crippen molar-refractivity contribution in [2.45, 2.75) is 53.8 Å². The van der Waals surface area contributed by atoms with Crippen molar-refractivity contribution < 1.29 is 8.42 Å². The molecule has 0 saturated carbocycles. The lowest BCUT2D eigenvalue weighted by Crippen LogP contribution is -2.19. The van der Waals surface area contributed by atoms with Crippen LogP contribution >= 0.6 is 69.1 Å². The predicted molar refractivity (Wildman–Crippen MR) is 248 cm³/mol. The fourth-order valence-corrected chi connectivity index (χ4v) is 9.56. The number of nitrogen functional groups attached to an aromatic ring is 1. The normalized spacial score (nSPS) is 10.8. The van der Waals surface area contributed by atoms with E-state index in [2.05, 4.69) is 45.2 Å². The first kappa shape index (κ1) is 48.5. The van der Waals surface area contributed by atoms with E-state index in [-0.39, 0.29) is 46.4 Å². The molecular weight excluding hydrogens is 927 g/mol. The number of hydrogen-bond acceptors (Lipinski definition) is 16. The fourth-order valence-electron chi connectivity index (χ4n) is 5.35. The molecule has 0 amide bonds. The number of nitrogens with one attached hydrogen (secondary N) is 1. The van der Waals surface area contributed by atoms with Gasteiger partial charge in [-0.1, -0.05) is 115 Å². The number of rotatable bonds is 6. The van der Waals surface area contributed by atoms with Crippen molar-refractivity contribution in [1.82, 2.24) is 49.0 Å². The Bertz CT molecular complexity index is 3010. The minimum Gasteiger partial charge on any atom is -0.384 e. The van der Waals surface area contributed by atoms with Crippen molar-refractivity contribution in [3.8, 4) is 11.4 Å². The van der Waals surface area contributed by atoms with Gasteiger partial charge in [0.1, 0.15) is 55.6 Å². The van der Waals surface area contributed by atoms with E-state index in [4.69, 9.17) is 52.1 Å². The Morgan fingerprint density at radius 1 is 0.689 bits per heavy atom. The molecule has 0 radical (unpaired) electrons. The largest absolute Gasteiger partial charge is 0.384 e. The van der Waals surface area contributed by atoms with E-state index < -0.39 is 9.84 Å². The zero-order valence-electron chi connectivity index (χ0n) is 31.4. The molecule has 0 aliphatic rings. The average Bonchev–Trinajstić information content (AvgIpc) is 3.79. The predicted octanol–water partition coefficient (Wildman–Crippen LogP) is 9.19. The second-order valence-electron chi connectivity index (χ2n) is 12.3. The first-order chi connectivity index (χ1) is 27.9. The molecule has 0 fully saturated rings. The molecule has 8 aromatic rings. The Hall–Kier alpha value is -5.15. The number of aromatic nitrogens is 10. The van der Waals surface area contributed by atoms with Crippen LogP contribution in [-0.4, -0.2) is 63.2 Å². The van der Waals surface area contributed by atoms with E-state index in [1.54, 1.807) is 38.1 Å². The van der Waals surface area contributed by atoms with E-state index in [9.17, 15) is 18.0 Å². The van der Waals surface area contributed by atoms with Gasteiger partial charge >= 0.3 is 0 Å². The molecule has 0 bridgehead atoms. The van der Waals surface area contributed by atoms with Crippen molar-refractivity contribution >= 4 is 116 Å². The maximum Gasteiger partial charge on any atom is 0.277 e. The average molecular weight is 965 g/mol. The van der Waals surface area contributed by atoms with E-state index in [0.717, 1.165) is 22.5 Å². The summed E-state index contributed by atoms with van der Waals surface area (Å²) in [5.41, 5.74) is 8.01. The third kappa shape index (κ3) is 11.0. The highest BCUT2D eigenvalue weighted by atomic mass is 35.5. The lowest BCUT2D eigenvalue weighted by molar-refractivity contribution is 0.596. The van der Waals surface area contributed by atoms with Crippen LogP contribution in [0.25, 0.3) is 32.1 Å². The van der Waals surface area contributed by atoms with E-state index in [1.165, 1.54) is 46.1 Å². The highest BCUT2D eigenvalue weighted by Crippen LogP contribution is 2.28. The van der Waals surface area contributed by atoms with Crippen LogP contribution < -0.4 is 22.2 Å². The molecule has 6 heterocycles. The van der Waals surface area contributed by atoms with Crippen molar-refractivity contribution in [2.75, 3.05) is 16.8 Å². The molecule has 23 heteroatoms. The number of hydrogen-bond donors (Lipinski definition) is 2. The Morgan fingerprint density at radius 3 is 1.66 bits per heavy atom. The van der Waals surface area contributed by atoms with Gasteiger partial charge in [-0.15, -0.1) is 0 Å². The van der Waals surface area contributed by atoms with Gasteiger partial charge in [-0.2, -0.15) is 4.98 Å². The second-order valence-corrected chi connectivity index (χ2v) is 18.3. The van der Waals surface area contributed by atoms with Gasteiger partial charge in [0.05, 0.1) is 27.2 Å². The summed E-state index contributed by atoms with van der Waals surface area (Å²) in [5, 5.41) is 5.13. The van der Waals surface area contributed by atoms with Crippen LogP contribution in [0.3, 0.4) is 0 Å². The standard InChI is InChI=1S/C17H12Cl2N6OS.C14H12ClN3O3S2.C5H6ClN3.2CH4/c1-8-4-3-5-10(18)13(8)25-7-20-15-14(16(25)26)27-17(24-15)23-12-6-11(19)21-9(2)22-12;1-3-23(20,21)14-17-12-11(22-14)13(19)18(7-16-12)10-8(2)5-4-6-9(10)15;1-3-8-4(6)2-5(7)9-3;;/h3-7H,1-2H3,(H,21,22,23,24);4-7H,3H2,1-2H3;2H,1H3,(H2,7,8,9);2*1H4. The fraction of sp³-hybridized carbons (Fsp3) is 0.211. The summed E-state index contributed by atoms with van der Waals surface area (Å²) >= 11 is 26.0. The van der Waals surface area contributed by atoms with Crippen LogP contribution in [0.4, 0.5) is 16.8 Å². The van der Waals surface area contributed by atoms with Crippen LogP contribution in [0, 0.1) is 27.7 Å². The summed E-state index contributed by atoms with van der Waals surface area (Å²) in [6.07, 6.45) is 2.76. The van der Waals surface area contributed by atoms with Gasteiger partial charge in [0, 0.05) is 12.1 Å². The quantitative estimate of drug-likeness (QED) is 0.149. The molecule has 6 aromatic heterocycles. The summed E-state index contributed by atoms with van der Waals surface area (Å²) in [4.78, 5) is 58.3. The lowest BCUT2D eigenvalue weighted by atomic mass is 10.2. The van der Waals surface area contributed by atoms with Crippen molar-refractivity contribution in [3.63, 3.8) is 0 Å². The van der Waals surface area contributed by atoms with Gasteiger partial charge in [-0.05, 0) is 51.0 Å². The summed E-state index contributed by atoms with van der Waals surface area (Å²) < 4.78 is 27.1. The maximum atomic E-state index is 13.0. The number of sulfone groups is 1. The number of halogens is 4. The van der Waals surface area contributed by atoms with Gasteiger partial charge in [0.2, 0.25) is 14.2 Å². The molecule has 0 saturated heterocycles.